The Bertz CT molecular complexity index is 666. The minimum absolute atomic E-state index is 0.130. The highest BCUT2D eigenvalue weighted by atomic mass is 35.5. The largest absolute Gasteiger partial charge is 0.384 e. The highest BCUT2D eigenvalue weighted by Crippen LogP contribution is 2.31. The number of hydrogen-bond acceptors (Lipinski definition) is 3. The van der Waals surface area contributed by atoms with Crippen LogP contribution in [0.5, 0.6) is 0 Å². The number of carbonyl (C=O) groups excluding carboxylic acids is 1. The third-order valence-electron chi connectivity index (χ3n) is 3.24. The normalized spacial score (nSPS) is 12.8. The summed E-state index contributed by atoms with van der Waals surface area (Å²) in [7, 11) is 0. The van der Waals surface area contributed by atoms with Crippen LogP contribution >= 0.6 is 11.6 Å². The number of carbonyl (C=O) groups is 1. The fraction of sp³-hybridized carbons (Fsp3) is 0.294. The van der Waals surface area contributed by atoms with Gasteiger partial charge in [-0.15, -0.1) is 0 Å². The molecule has 0 saturated carbocycles. The highest BCUT2D eigenvalue weighted by molar-refractivity contribution is 6.30. The van der Waals surface area contributed by atoms with E-state index in [0.29, 0.717) is 21.8 Å². The van der Waals surface area contributed by atoms with Gasteiger partial charge in [0.1, 0.15) is 6.10 Å². The van der Waals surface area contributed by atoms with Gasteiger partial charge in [-0.05, 0) is 24.3 Å². The predicted molar refractivity (Wildman–Crippen MR) is 87.8 cm³/mol. The molecule has 0 aliphatic rings. The van der Waals surface area contributed by atoms with Gasteiger partial charge in [-0.25, -0.2) is 0 Å². The van der Waals surface area contributed by atoms with Gasteiger partial charge in [-0.3, -0.25) is 9.78 Å². The van der Waals surface area contributed by atoms with Crippen LogP contribution in [0.2, 0.25) is 5.02 Å². The third-order valence-corrected chi connectivity index (χ3v) is 3.47. The van der Waals surface area contributed by atoms with E-state index in [4.69, 9.17) is 11.6 Å². The van der Waals surface area contributed by atoms with Crippen LogP contribution in [0.15, 0.2) is 42.7 Å². The van der Waals surface area contributed by atoms with Crippen LogP contribution in [0.1, 0.15) is 38.0 Å². The van der Waals surface area contributed by atoms with E-state index in [1.165, 1.54) is 0 Å². The van der Waals surface area contributed by atoms with E-state index in [0.717, 1.165) is 0 Å². The van der Waals surface area contributed by atoms with Gasteiger partial charge in [-0.2, -0.15) is 0 Å². The summed E-state index contributed by atoms with van der Waals surface area (Å²) in [6.07, 6.45) is 2.31. The molecule has 0 aliphatic heterocycles. The van der Waals surface area contributed by atoms with E-state index in [2.05, 4.69) is 10.3 Å². The Labute approximate surface area is 135 Å². The Kier molecular flexibility index (Phi) is 4.84. The van der Waals surface area contributed by atoms with Crippen LogP contribution in [0.25, 0.3) is 0 Å². The smallest absolute Gasteiger partial charge is 0.229 e. The summed E-state index contributed by atoms with van der Waals surface area (Å²) in [6.45, 7) is 5.49. The second-order valence-corrected chi connectivity index (χ2v) is 6.56. The lowest BCUT2D eigenvalue weighted by Gasteiger charge is -2.21. The number of aliphatic hydroxyl groups is 1. The number of rotatable bonds is 3. The van der Waals surface area contributed by atoms with Gasteiger partial charge in [0.15, 0.2) is 0 Å². The molecule has 5 heteroatoms. The molecule has 0 fully saturated rings. The third kappa shape index (κ3) is 3.84. The molecule has 1 atom stereocenters. The monoisotopic (exact) mass is 318 g/mol. The number of pyridine rings is 1. The second kappa shape index (κ2) is 6.46. The summed E-state index contributed by atoms with van der Waals surface area (Å²) in [5.41, 5.74) is 1.19. The second-order valence-electron chi connectivity index (χ2n) is 6.12. The molecule has 0 spiro atoms. The standard InChI is InChI=1S/C17H19ClN2O2/c1-17(2,3)16(22)20-14-7-6-12(18)9-13(14)15(21)11-5-4-8-19-10-11/h4-10,15,21H,1-3H3,(H,20,22). The zero-order chi connectivity index (χ0) is 16.3. The molecule has 0 saturated heterocycles. The van der Waals surface area contributed by atoms with E-state index in [-0.39, 0.29) is 5.91 Å². The van der Waals surface area contributed by atoms with Gasteiger partial charge >= 0.3 is 0 Å². The lowest BCUT2D eigenvalue weighted by atomic mass is 9.94. The molecule has 1 heterocycles. The molecule has 4 nitrogen and oxygen atoms in total. The molecule has 1 aromatic heterocycles. The van der Waals surface area contributed by atoms with E-state index in [1.807, 2.05) is 20.8 Å². The van der Waals surface area contributed by atoms with E-state index < -0.39 is 11.5 Å². The van der Waals surface area contributed by atoms with Crippen molar-refractivity contribution in [2.24, 2.45) is 5.41 Å². The summed E-state index contributed by atoms with van der Waals surface area (Å²) in [4.78, 5) is 16.2. The first kappa shape index (κ1) is 16.5. The fourth-order valence-electron chi connectivity index (χ4n) is 1.90. The van der Waals surface area contributed by atoms with Gasteiger partial charge in [-0.1, -0.05) is 38.4 Å². The van der Waals surface area contributed by atoms with E-state index in [1.54, 1.807) is 42.7 Å². The number of aliphatic hydroxyl groups excluding tert-OH is 1. The molecule has 0 aliphatic carbocycles. The Morgan fingerprint density at radius 1 is 1.32 bits per heavy atom. The zero-order valence-corrected chi connectivity index (χ0v) is 13.6. The quantitative estimate of drug-likeness (QED) is 0.904. The fourth-order valence-corrected chi connectivity index (χ4v) is 2.08. The van der Waals surface area contributed by atoms with Crippen LogP contribution in [-0.2, 0) is 4.79 Å². The van der Waals surface area contributed by atoms with Crippen molar-refractivity contribution in [1.29, 1.82) is 0 Å². The first-order valence-corrected chi connectivity index (χ1v) is 7.36. The number of amides is 1. The van der Waals surface area contributed by atoms with Crippen molar-refractivity contribution < 1.29 is 9.90 Å². The number of nitrogens with one attached hydrogen (secondary N) is 1. The number of nitrogens with zero attached hydrogens (tertiary/aromatic N) is 1. The van der Waals surface area contributed by atoms with Gasteiger partial charge < -0.3 is 10.4 Å². The van der Waals surface area contributed by atoms with Gasteiger partial charge in [0.25, 0.3) is 0 Å². The Morgan fingerprint density at radius 3 is 2.64 bits per heavy atom. The number of hydrogen-bond donors (Lipinski definition) is 2. The van der Waals surface area contributed by atoms with Crippen LogP contribution in [0, 0.1) is 5.41 Å². The van der Waals surface area contributed by atoms with Gasteiger partial charge in [0.05, 0.1) is 0 Å². The van der Waals surface area contributed by atoms with Crippen LogP contribution in [-0.4, -0.2) is 16.0 Å². The summed E-state index contributed by atoms with van der Waals surface area (Å²) in [6, 6.07) is 8.54. The van der Waals surface area contributed by atoms with Gasteiger partial charge in [0.2, 0.25) is 5.91 Å². The molecular weight excluding hydrogens is 300 g/mol. The maximum absolute atomic E-state index is 12.2. The Balaban J connectivity index is 2.38. The average Bonchev–Trinajstić information content (AvgIpc) is 2.48. The minimum atomic E-state index is -0.914. The summed E-state index contributed by atoms with van der Waals surface area (Å²) in [5.74, 6) is -0.130. The summed E-state index contributed by atoms with van der Waals surface area (Å²) in [5, 5.41) is 13.9. The number of aromatic nitrogens is 1. The lowest BCUT2D eigenvalue weighted by molar-refractivity contribution is -0.123. The molecule has 2 rings (SSSR count). The molecule has 116 valence electrons. The highest BCUT2D eigenvalue weighted by Gasteiger charge is 2.23. The van der Waals surface area contributed by atoms with Crippen molar-refractivity contribution >= 4 is 23.2 Å². The van der Waals surface area contributed by atoms with Crippen molar-refractivity contribution in [3.63, 3.8) is 0 Å². The lowest BCUT2D eigenvalue weighted by Crippen LogP contribution is -2.28. The van der Waals surface area contributed by atoms with Crippen LogP contribution in [0.4, 0.5) is 5.69 Å². The average molecular weight is 319 g/mol. The minimum Gasteiger partial charge on any atom is -0.384 e. The molecule has 1 unspecified atom stereocenters. The topological polar surface area (TPSA) is 62.2 Å². The molecule has 22 heavy (non-hydrogen) atoms. The van der Waals surface area contributed by atoms with E-state index >= 15 is 0 Å². The zero-order valence-electron chi connectivity index (χ0n) is 12.8. The van der Waals surface area contributed by atoms with Crippen molar-refractivity contribution in [3.05, 3.63) is 58.9 Å². The summed E-state index contributed by atoms with van der Waals surface area (Å²) >= 11 is 6.04. The van der Waals surface area contributed by atoms with Crippen molar-refractivity contribution in [2.75, 3.05) is 5.32 Å². The first-order chi connectivity index (χ1) is 10.3. The van der Waals surface area contributed by atoms with Crippen molar-refractivity contribution in [1.82, 2.24) is 4.98 Å². The molecular formula is C17H19ClN2O2. The van der Waals surface area contributed by atoms with Gasteiger partial charge in [0, 0.05) is 39.6 Å². The van der Waals surface area contributed by atoms with Crippen LogP contribution in [0.3, 0.4) is 0 Å². The predicted octanol–water partition coefficient (Wildman–Crippen LogP) is 3.80. The summed E-state index contributed by atoms with van der Waals surface area (Å²) < 4.78 is 0. The van der Waals surface area contributed by atoms with Crippen molar-refractivity contribution in [3.8, 4) is 0 Å². The Hall–Kier alpha value is -1.91. The Morgan fingerprint density at radius 2 is 2.05 bits per heavy atom. The molecule has 2 N–H and O–H groups in total. The van der Waals surface area contributed by atoms with Crippen molar-refractivity contribution in [2.45, 2.75) is 26.9 Å². The molecule has 1 aromatic carbocycles. The maximum atomic E-state index is 12.2. The first-order valence-electron chi connectivity index (χ1n) is 6.98. The number of anilines is 1. The maximum Gasteiger partial charge on any atom is 0.229 e. The van der Waals surface area contributed by atoms with Crippen LogP contribution < -0.4 is 5.32 Å². The molecule has 0 bridgehead atoms. The molecule has 0 radical (unpaired) electrons. The van der Waals surface area contributed by atoms with E-state index in [9.17, 15) is 9.90 Å². The SMILES string of the molecule is CC(C)(C)C(=O)Nc1ccc(Cl)cc1C(O)c1cccnc1. The molecule has 2 aromatic rings. The number of halogens is 1. The molecule has 1 amide bonds. The number of benzene rings is 1.